The van der Waals surface area contributed by atoms with E-state index in [4.69, 9.17) is 14.2 Å². The first-order valence-corrected chi connectivity index (χ1v) is 18.8. The summed E-state index contributed by atoms with van der Waals surface area (Å²) in [7, 11) is 1.31. The highest BCUT2D eigenvalue weighted by Crippen LogP contribution is 2.31. The van der Waals surface area contributed by atoms with Crippen molar-refractivity contribution in [2.24, 2.45) is 0 Å². The van der Waals surface area contributed by atoms with E-state index in [1.165, 1.54) is 13.2 Å². The number of fused-ring (bicyclic) bond motifs is 1. The fourth-order valence-electron chi connectivity index (χ4n) is 6.02. The number of aromatic nitrogens is 1. The second-order valence-electron chi connectivity index (χ2n) is 12.9. The minimum absolute atomic E-state index is 0.0778. The van der Waals surface area contributed by atoms with E-state index in [1.54, 1.807) is 109 Å². The standard InChI is InChI=1S/C49H30BrNO8/c1-57-46(53)37-21-15-31(16-22-37)13-19-35-9-5-11-40(44(35)39-26-25-33-27-28-51-42(33)29-39)48(55)59-49(56)41-12-6-10-36(45(41)50)20-14-32-17-23-38(24-18-32)47(54)58-30-43(52)34-7-3-2-4-8-34/h2-12,15-18,21-29,51H,30H2,1H3. The maximum atomic E-state index is 13.9. The molecule has 0 fully saturated rings. The maximum Gasteiger partial charge on any atom is 0.347 e. The minimum atomic E-state index is -0.896. The Hall–Kier alpha value is -7.79. The SMILES string of the molecule is COC(=O)c1ccc(C#Cc2cccc(C(=O)OC(=O)c3cccc(C#Cc4ccc(C(=O)OCC(=O)c5ccccc5)cc4)c3Br)c2-c2ccc3cc[nH]c3c2)cc1. The monoisotopic (exact) mass is 839 g/mol. The molecule has 7 aromatic rings. The van der Waals surface area contributed by atoms with Crippen LogP contribution in [-0.2, 0) is 14.2 Å². The quantitative estimate of drug-likeness (QED) is 0.0528. The van der Waals surface area contributed by atoms with Crippen molar-refractivity contribution >= 4 is 56.5 Å². The van der Waals surface area contributed by atoms with Gasteiger partial charge in [-0.05, 0) is 112 Å². The van der Waals surface area contributed by atoms with E-state index in [0.717, 1.165) is 10.9 Å². The first-order valence-electron chi connectivity index (χ1n) is 18.0. The summed E-state index contributed by atoms with van der Waals surface area (Å²) in [5, 5.41) is 0.973. The van der Waals surface area contributed by atoms with E-state index in [9.17, 15) is 24.0 Å². The molecule has 9 nitrogen and oxygen atoms in total. The van der Waals surface area contributed by atoms with Crippen LogP contribution in [0.1, 0.15) is 74.0 Å². The summed E-state index contributed by atoms with van der Waals surface area (Å²) in [5.41, 5.74) is 5.44. The first-order chi connectivity index (χ1) is 28.7. The van der Waals surface area contributed by atoms with Gasteiger partial charge in [-0.2, -0.15) is 0 Å². The summed E-state index contributed by atoms with van der Waals surface area (Å²) in [5.74, 6) is 9.09. The van der Waals surface area contributed by atoms with E-state index >= 15 is 0 Å². The van der Waals surface area contributed by atoms with Crippen molar-refractivity contribution in [2.75, 3.05) is 13.7 Å². The molecular weight excluding hydrogens is 810 g/mol. The van der Waals surface area contributed by atoms with Crippen molar-refractivity contribution in [3.63, 3.8) is 0 Å². The van der Waals surface area contributed by atoms with E-state index in [1.807, 2.05) is 30.5 Å². The largest absolute Gasteiger partial charge is 0.465 e. The van der Waals surface area contributed by atoms with Crippen molar-refractivity contribution in [3.8, 4) is 34.8 Å². The molecule has 0 aliphatic carbocycles. The zero-order valence-corrected chi connectivity index (χ0v) is 32.8. The lowest BCUT2D eigenvalue weighted by atomic mass is 9.93. The summed E-state index contributed by atoms with van der Waals surface area (Å²) < 4.78 is 15.8. The van der Waals surface area contributed by atoms with E-state index in [2.05, 4.69) is 44.6 Å². The maximum absolute atomic E-state index is 13.9. The number of ether oxygens (including phenoxy) is 3. The Morgan fingerprint density at radius 1 is 0.576 bits per heavy atom. The van der Waals surface area contributed by atoms with Crippen LogP contribution in [0.25, 0.3) is 22.0 Å². The van der Waals surface area contributed by atoms with Crippen molar-refractivity contribution in [2.45, 2.75) is 0 Å². The molecule has 1 aromatic heterocycles. The third-order valence-corrected chi connectivity index (χ3v) is 9.93. The van der Waals surface area contributed by atoms with Crippen LogP contribution in [0.4, 0.5) is 0 Å². The number of Topliss-reactive ketones (excluding diaryl/α,β-unsaturated/α-hetero) is 1. The van der Waals surface area contributed by atoms with E-state index in [-0.39, 0.29) is 29.1 Å². The molecule has 0 amide bonds. The summed E-state index contributed by atoms with van der Waals surface area (Å²) >= 11 is 3.47. The Morgan fingerprint density at radius 3 is 1.86 bits per heavy atom. The van der Waals surface area contributed by atoms with Gasteiger partial charge in [-0.3, -0.25) is 4.79 Å². The van der Waals surface area contributed by atoms with Crippen LogP contribution in [0.15, 0.2) is 150 Å². The highest BCUT2D eigenvalue weighted by molar-refractivity contribution is 9.10. The fourth-order valence-corrected chi connectivity index (χ4v) is 6.54. The molecule has 286 valence electrons. The van der Waals surface area contributed by atoms with Gasteiger partial charge in [-0.15, -0.1) is 0 Å². The molecule has 7 rings (SSSR count). The Morgan fingerprint density at radius 2 is 1.19 bits per heavy atom. The lowest BCUT2D eigenvalue weighted by Gasteiger charge is -2.12. The average Bonchev–Trinajstić information content (AvgIpc) is 3.75. The molecule has 0 aliphatic rings. The van der Waals surface area contributed by atoms with Gasteiger partial charge in [0.2, 0.25) is 0 Å². The number of methoxy groups -OCH3 is 1. The van der Waals surface area contributed by atoms with Gasteiger partial charge in [0.15, 0.2) is 12.4 Å². The molecule has 0 aliphatic heterocycles. The zero-order chi connectivity index (χ0) is 41.3. The van der Waals surface area contributed by atoms with Crippen molar-refractivity contribution in [1.82, 2.24) is 4.98 Å². The minimum Gasteiger partial charge on any atom is -0.465 e. The predicted octanol–water partition coefficient (Wildman–Crippen LogP) is 9.22. The number of halogens is 1. The average molecular weight is 841 g/mol. The first kappa shape index (κ1) is 39.4. The highest BCUT2D eigenvalue weighted by atomic mass is 79.9. The van der Waals surface area contributed by atoms with Gasteiger partial charge in [0.05, 0.1) is 29.4 Å². The predicted molar refractivity (Wildman–Crippen MR) is 225 cm³/mol. The zero-order valence-electron chi connectivity index (χ0n) is 31.2. The van der Waals surface area contributed by atoms with Crippen LogP contribution < -0.4 is 0 Å². The Balaban J connectivity index is 1.09. The Bertz CT molecular complexity index is 2890. The third-order valence-electron chi connectivity index (χ3n) is 9.07. The Labute approximate surface area is 347 Å². The molecule has 6 aromatic carbocycles. The topological polar surface area (TPSA) is 129 Å². The van der Waals surface area contributed by atoms with Crippen molar-refractivity contribution in [1.29, 1.82) is 0 Å². The molecule has 0 atom stereocenters. The van der Waals surface area contributed by atoms with Crippen LogP contribution in [0.5, 0.6) is 0 Å². The molecule has 59 heavy (non-hydrogen) atoms. The number of carbonyl (C=O) groups excluding carboxylic acids is 5. The molecular formula is C49H30BrNO8. The molecule has 0 unspecified atom stereocenters. The van der Waals surface area contributed by atoms with Crippen molar-refractivity contribution in [3.05, 3.63) is 200 Å². The molecule has 0 bridgehead atoms. The van der Waals surface area contributed by atoms with Gasteiger partial charge in [0.25, 0.3) is 0 Å². The van der Waals surface area contributed by atoms with Gasteiger partial charge in [0.1, 0.15) is 0 Å². The summed E-state index contributed by atoms with van der Waals surface area (Å²) in [6.45, 7) is -0.382. The number of carbonyl (C=O) groups is 5. The summed E-state index contributed by atoms with van der Waals surface area (Å²) in [4.78, 5) is 67.4. The van der Waals surface area contributed by atoms with Crippen LogP contribution >= 0.6 is 15.9 Å². The Kier molecular flexibility index (Phi) is 12.0. The number of esters is 4. The molecule has 0 saturated carbocycles. The lowest BCUT2D eigenvalue weighted by Crippen LogP contribution is -2.15. The van der Waals surface area contributed by atoms with Crippen molar-refractivity contribution < 1.29 is 38.2 Å². The van der Waals surface area contributed by atoms with Gasteiger partial charge >= 0.3 is 23.9 Å². The van der Waals surface area contributed by atoms with Gasteiger partial charge < -0.3 is 19.2 Å². The molecule has 1 heterocycles. The molecule has 0 spiro atoms. The summed E-state index contributed by atoms with van der Waals surface area (Å²) in [6.07, 6.45) is 1.82. The number of nitrogens with one attached hydrogen (secondary N) is 1. The van der Waals surface area contributed by atoms with Crippen LogP contribution in [-0.4, -0.2) is 48.4 Å². The normalized spacial score (nSPS) is 10.3. The number of H-pyrrole nitrogens is 1. The number of hydrogen-bond donors (Lipinski definition) is 1. The molecule has 0 saturated heterocycles. The molecule has 10 heteroatoms. The van der Waals surface area contributed by atoms with E-state index < -0.39 is 23.9 Å². The smallest absolute Gasteiger partial charge is 0.347 e. The molecule has 1 N–H and O–H groups in total. The molecule has 0 radical (unpaired) electrons. The number of ketones is 1. The lowest BCUT2D eigenvalue weighted by molar-refractivity contribution is 0.0396. The number of hydrogen-bond acceptors (Lipinski definition) is 8. The van der Waals surface area contributed by atoms with E-state index in [0.29, 0.717) is 49.0 Å². The number of rotatable bonds is 8. The van der Waals surface area contributed by atoms with Gasteiger partial charge in [-0.1, -0.05) is 78.3 Å². The third kappa shape index (κ3) is 9.27. The highest BCUT2D eigenvalue weighted by Gasteiger charge is 2.23. The fraction of sp³-hybridized carbons (Fsp3) is 0.0408. The summed E-state index contributed by atoms with van der Waals surface area (Å²) in [6, 6.07) is 39.0. The number of aromatic amines is 1. The second kappa shape index (κ2) is 18.0. The van der Waals surface area contributed by atoms with Gasteiger partial charge in [0, 0.05) is 49.6 Å². The number of benzene rings is 6. The van der Waals surface area contributed by atoms with Crippen LogP contribution in [0.2, 0.25) is 0 Å². The van der Waals surface area contributed by atoms with Crippen LogP contribution in [0, 0.1) is 23.7 Å². The second-order valence-corrected chi connectivity index (χ2v) is 13.7. The van der Waals surface area contributed by atoms with Crippen LogP contribution in [0.3, 0.4) is 0 Å². The van der Waals surface area contributed by atoms with Gasteiger partial charge in [-0.25, -0.2) is 19.2 Å².